The number of benzene rings is 1. The lowest BCUT2D eigenvalue weighted by atomic mass is 9.94. The van der Waals surface area contributed by atoms with Gasteiger partial charge in [-0.05, 0) is 25.5 Å². The van der Waals surface area contributed by atoms with E-state index in [0.717, 1.165) is 23.7 Å². The molecular weight excluding hydrogens is 246 g/mol. The van der Waals surface area contributed by atoms with Crippen LogP contribution < -0.4 is 5.73 Å². The van der Waals surface area contributed by atoms with Crippen molar-refractivity contribution in [3.05, 3.63) is 52.8 Å². The number of nitrogens with two attached hydrogens (primary N) is 1. The molecule has 0 saturated carbocycles. The molecule has 4 heteroatoms. The van der Waals surface area contributed by atoms with Crippen LogP contribution in [0.15, 0.2) is 36.5 Å². The molecule has 3 nitrogen and oxygen atoms in total. The molecule has 1 aromatic heterocycles. The van der Waals surface area contributed by atoms with Gasteiger partial charge in [0.05, 0.1) is 16.9 Å². The Labute approximate surface area is 113 Å². The quantitative estimate of drug-likeness (QED) is 0.902. The maximum atomic E-state index is 6.19. The number of aromatic nitrogens is 2. The first-order chi connectivity index (χ1) is 8.76. The average molecular weight is 264 g/mol. The zero-order valence-corrected chi connectivity index (χ0v) is 11.3. The molecule has 0 aliphatic rings. The molecule has 2 rings (SSSR count). The van der Waals surface area contributed by atoms with Gasteiger partial charge in [0.15, 0.2) is 0 Å². The van der Waals surface area contributed by atoms with Crippen molar-refractivity contribution in [1.82, 2.24) is 9.78 Å². The van der Waals surface area contributed by atoms with Crippen LogP contribution in [0.25, 0.3) is 0 Å². The van der Waals surface area contributed by atoms with Crippen molar-refractivity contribution >= 4 is 11.6 Å². The molecule has 1 unspecified atom stereocenters. The summed E-state index contributed by atoms with van der Waals surface area (Å²) in [7, 11) is 0. The monoisotopic (exact) mass is 263 g/mol. The fraction of sp³-hybridized carbons (Fsp3) is 0.357. The van der Waals surface area contributed by atoms with E-state index >= 15 is 0 Å². The second-order valence-corrected chi connectivity index (χ2v) is 4.71. The van der Waals surface area contributed by atoms with Gasteiger partial charge in [-0.15, -0.1) is 0 Å². The molecule has 0 radical (unpaired) electrons. The summed E-state index contributed by atoms with van der Waals surface area (Å²) in [5.74, 6) is 0.283. The summed E-state index contributed by atoms with van der Waals surface area (Å²) in [6.45, 7) is 3.50. The molecule has 0 aliphatic carbocycles. The zero-order valence-electron chi connectivity index (χ0n) is 10.5. The fourth-order valence-corrected chi connectivity index (χ4v) is 2.38. The summed E-state index contributed by atoms with van der Waals surface area (Å²) in [5, 5.41) is 4.99. The topological polar surface area (TPSA) is 43.8 Å². The molecule has 0 saturated heterocycles. The van der Waals surface area contributed by atoms with Crippen LogP contribution in [0.4, 0.5) is 0 Å². The van der Waals surface area contributed by atoms with Crippen molar-refractivity contribution < 1.29 is 0 Å². The Hall–Kier alpha value is -1.32. The van der Waals surface area contributed by atoms with E-state index in [1.54, 1.807) is 6.20 Å². The SMILES string of the molecule is CCn1ncc(Cl)c1CC(CN)c1ccccc1. The van der Waals surface area contributed by atoms with E-state index in [1.165, 1.54) is 5.56 Å². The van der Waals surface area contributed by atoms with E-state index in [2.05, 4.69) is 24.2 Å². The van der Waals surface area contributed by atoms with Crippen LogP contribution in [-0.2, 0) is 13.0 Å². The Kier molecular flexibility index (Phi) is 4.39. The van der Waals surface area contributed by atoms with Crippen molar-refractivity contribution in [3.8, 4) is 0 Å². The molecule has 96 valence electrons. The molecule has 0 amide bonds. The number of aryl methyl sites for hydroxylation is 1. The summed E-state index contributed by atoms with van der Waals surface area (Å²) in [6.07, 6.45) is 2.53. The Bertz CT molecular complexity index is 493. The molecule has 0 bridgehead atoms. The lowest BCUT2D eigenvalue weighted by Crippen LogP contribution is -2.17. The fourth-order valence-electron chi connectivity index (χ4n) is 2.16. The van der Waals surface area contributed by atoms with Crippen LogP contribution >= 0.6 is 11.6 Å². The minimum Gasteiger partial charge on any atom is -0.330 e. The van der Waals surface area contributed by atoms with E-state index in [9.17, 15) is 0 Å². The van der Waals surface area contributed by atoms with Gasteiger partial charge in [-0.1, -0.05) is 41.9 Å². The number of nitrogens with zero attached hydrogens (tertiary/aromatic N) is 2. The first-order valence-electron chi connectivity index (χ1n) is 6.21. The van der Waals surface area contributed by atoms with Crippen LogP contribution in [0.3, 0.4) is 0 Å². The van der Waals surface area contributed by atoms with E-state index in [0.29, 0.717) is 6.54 Å². The van der Waals surface area contributed by atoms with E-state index < -0.39 is 0 Å². The van der Waals surface area contributed by atoms with Crippen molar-refractivity contribution in [3.63, 3.8) is 0 Å². The Morgan fingerprint density at radius 1 is 1.33 bits per heavy atom. The summed E-state index contributed by atoms with van der Waals surface area (Å²) in [4.78, 5) is 0. The average Bonchev–Trinajstić information content (AvgIpc) is 2.77. The summed E-state index contributed by atoms with van der Waals surface area (Å²) in [5.41, 5.74) is 8.21. The van der Waals surface area contributed by atoms with Crippen LogP contribution in [0.1, 0.15) is 24.1 Å². The Morgan fingerprint density at radius 3 is 2.67 bits per heavy atom. The summed E-state index contributed by atoms with van der Waals surface area (Å²) < 4.78 is 1.94. The predicted molar refractivity (Wildman–Crippen MR) is 74.9 cm³/mol. The highest BCUT2D eigenvalue weighted by atomic mass is 35.5. The third-order valence-electron chi connectivity index (χ3n) is 3.19. The van der Waals surface area contributed by atoms with Gasteiger partial charge in [-0.3, -0.25) is 4.68 Å². The molecule has 2 N–H and O–H groups in total. The Balaban J connectivity index is 2.23. The third kappa shape index (κ3) is 2.74. The molecule has 0 fully saturated rings. The molecule has 0 spiro atoms. The molecule has 0 aliphatic heterocycles. The van der Waals surface area contributed by atoms with Crippen LogP contribution in [0.2, 0.25) is 5.02 Å². The van der Waals surface area contributed by atoms with Crippen LogP contribution in [0.5, 0.6) is 0 Å². The first kappa shape index (κ1) is 13.1. The first-order valence-corrected chi connectivity index (χ1v) is 6.59. The van der Waals surface area contributed by atoms with E-state index in [4.69, 9.17) is 17.3 Å². The van der Waals surface area contributed by atoms with Gasteiger partial charge in [-0.25, -0.2) is 0 Å². The minimum atomic E-state index is 0.283. The van der Waals surface area contributed by atoms with Gasteiger partial charge in [0.1, 0.15) is 0 Å². The molecule has 2 aromatic rings. The lowest BCUT2D eigenvalue weighted by Gasteiger charge is -2.16. The second-order valence-electron chi connectivity index (χ2n) is 4.30. The summed E-state index contributed by atoms with van der Waals surface area (Å²) >= 11 is 6.19. The minimum absolute atomic E-state index is 0.283. The van der Waals surface area contributed by atoms with Crippen molar-refractivity contribution in [2.45, 2.75) is 25.8 Å². The molecule has 18 heavy (non-hydrogen) atoms. The summed E-state index contributed by atoms with van der Waals surface area (Å²) in [6, 6.07) is 10.3. The smallest absolute Gasteiger partial charge is 0.0818 e. The molecule has 1 aromatic carbocycles. The number of hydrogen-bond acceptors (Lipinski definition) is 2. The van der Waals surface area contributed by atoms with Gasteiger partial charge in [-0.2, -0.15) is 5.10 Å². The van der Waals surface area contributed by atoms with Crippen molar-refractivity contribution in [2.24, 2.45) is 5.73 Å². The molecule has 1 atom stereocenters. The van der Waals surface area contributed by atoms with Gasteiger partial charge in [0.25, 0.3) is 0 Å². The Morgan fingerprint density at radius 2 is 2.06 bits per heavy atom. The standard InChI is InChI=1S/C14H18ClN3/c1-2-18-14(13(15)10-17-18)8-12(9-16)11-6-4-3-5-7-11/h3-7,10,12H,2,8-9,16H2,1H3. The van der Waals surface area contributed by atoms with Crippen molar-refractivity contribution in [2.75, 3.05) is 6.54 Å². The van der Waals surface area contributed by atoms with Crippen LogP contribution in [0, 0.1) is 0 Å². The highest BCUT2D eigenvalue weighted by Gasteiger charge is 2.16. The lowest BCUT2D eigenvalue weighted by molar-refractivity contribution is 0.585. The molecule has 1 heterocycles. The van der Waals surface area contributed by atoms with Crippen molar-refractivity contribution in [1.29, 1.82) is 0 Å². The second kappa shape index (κ2) is 6.03. The predicted octanol–water partition coefficient (Wildman–Crippen LogP) is 2.84. The van der Waals surface area contributed by atoms with Crippen LogP contribution in [-0.4, -0.2) is 16.3 Å². The van der Waals surface area contributed by atoms with E-state index in [1.807, 2.05) is 22.9 Å². The van der Waals surface area contributed by atoms with E-state index in [-0.39, 0.29) is 5.92 Å². The number of hydrogen-bond donors (Lipinski definition) is 1. The number of rotatable bonds is 5. The highest BCUT2D eigenvalue weighted by molar-refractivity contribution is 6.31. The zero-order chi connectivity index (χ0) is 13.0. The maximum absolute atomic E-state index is 6.19. The number of halogens is 1. The van der Waals surface area contributed by atoms with Gasteiger partial charge in [0, 0.05) is 12.5 Å². The highest BCUT2D eigenvalue weighted by Crippen LogP contribution is 2.24. The van der Waals surface area contributed by atoms with Gasteiger partial charge < -0.3 is 5.73 Å². The van der Waals surface area contributed by atoms with Gasteiger partial charge in [0.2, 0.25) is 0 Å². The normalized spacial score (nSPS) is 12.6. The van der Waals surface area contributed by atoms with Gasteiger partial charge >= 0.3 is 0 Å². The maximum Gasteiger partial charge on any atom is 0.0818 e. The largest absolute Gasteiger partial charge is 0.330 e. The molecular formula is C14H18ClN3. The third-order valence-corrected chi connectivity index (χ3v) is 3.51.